The number of aromatic nitrogens is 2. The summed E-state index contributed by atoms with van der Waals surface area (Å²) < 4.78 is 28.6. The Morgan fingerprint density at radius 3 is 2.35 bits per heavy atom. The maximum Gasteiger partial charge on any atom is 0.281 e. The van der Waals surface area contributed by atoms with Crippen LogP contribution < -0.4 is 5.56 Å². The molecule has 0 N–H and O–H groups in total. The van der Waals surface area contributed by atoms with Crippen molar-refractivity contribution in [2.24, 2.45) is 5.92 Å². The van der Waals surface area contributed by atoms with Crippen LogP contribution in [0.4, 0.5) is 0 Å². The number of rotatable bonds is 5. The summed E-state index contributed by atoms with van der Waals surface area (Å²) in [5, 5.41) is 4.50. The minimum atomic E-state index is -3.36. The molecule has 8 heteroatoms. The fourth-order valence-corrected chi connectivity index (χ4v) is 4.27. The predicted octanol–water partition coefficient (Wildman–Crippen LogP) is 1.43. The molecule has 0 spiro atoms. The van der Waals surface area contributed by atoms with Crippen molar-refractivity contribution < 1.29 is 8.42 Å². The Labute approximate surface area is 154 Å². The molecule has 0 unspecified atom stereocenters. The van der Waals surface area contributed by atoms with Gasteiger partial charge in [-0.05, 0) is 24.8 Å². The Bertz CT molecular complexity index is 902. The third-order valence-corrected chi connectivity index (χ3v) is 6.67. The molecule has 1 aromatic heterocycles. The highest BCUT2D eigenvalue weighted by Crippen LogP contribution is 2.22. The molecular weight excluding hydrogens is 352 g/mol. The third-order valence-electron chi connectivity index (χ3n) is 4.73. The molecular formula is C18H24N4O3S. The van der Waals surface area contributed by atoms with Gasteiger partial charge in [-0.3, -0.25) is 4.79 Å². The van der Waals surface area contributed by atoms with E-state index in [0.29, 0.717) is 19.6 Å². The normalized spacial score (nSPS) is 16.9. The Kier molecular flexibility index (Phi) is 5.55. The molecule has 140 valence electrons. The first-order valence-electron chi connectivity index (χ1n) is 8.69. The molecule has 0 aliphatic carbocycles. The summed E-state index contributed by atoms with van der Waals surface area (Å²) >= 11 is 0. The van der Waals surface area contributed by atoms with Gasteiger partial charge in [0.25, 0.3) is 15.8 Å². The zero-order valence-electron chi connectivity index (χ0n) is 15.1. The average molecular weight is 376 g/mol. The first-order chi connectivity index (χ1) is 12.4. The summed E-state index contributed by atoms with van der Waals surface area (Å²) in [6.07, 6.45) is 1.44. The standard InChI is InChI=1S/C18H24N4O3S/c1-20(2)26(24,25)21-12-10-15(11-13-21)14-22-18(23)9-8-17(19-22)16-6-4-3-5-7-16/h3-9,15H,10-14H2,1-2H3. The lowest BCUT2D eigenvalue weighted by Crippen LogP contribution is -2.45. The molecule has 0 atom stereocenters. The van der Waals surface area contributed by atoms with Gasteiger partial charge in [-0.25, -0.2) is 4.68 Å². The van der Waals surface area contributed by atoms with E-state index in [1.54, 1.807) is 26.2 Å². The molecule has 1 aromatic carbocycles. The Balaban J connectivity index is 1.70. The first-order valence-corrected chi connectivity index (χ1v) is 10.1. The monoisotopic (exact) mass is 376 g/mol. The molecule has 0 bridgehead atoms. The molecule has 26 heavy (non-hydrogen) atoms. The summed E-state index contributed by atoms with van der Waals surface area (Å²) in [5.74, 6) is 0.236. The van der Waals surface area contributed by atoms with E-state index in [0.717, 1.165) is 24.1 Å². The van der Waals surface area contributed by atoms with Crippen molar-refractivity contribution in [2.45, 2.75) is 19.4 Å². The zero-order valence-corrected chi connectivity index (χ0v) is 15.9. The summed E-state index contributed by atoms with van der Waals surface area (Å²) in [5.41, 5.74) is 1.60. The van der Waals surface area contributed by atoms with Gasteiger partial charge in [0.2, 0.25) is 0 Å². The van der Waals surface area contributed by atoms with Crippen LogP contribution in [0.15, 0.2) is 47.3 Å². The second-order valence-electron chi connectivity index (χ2n) is 6.74. The van der Waals surface area contributed by atoms with E-state index in [-0.39, 0.29) is 11.5 Å². The van der Waals surface area contributed by atoms with Crippen LogP contribution in [0.3, 0.4) is 0 Å². The fourth-order valence-electron chi connectivity index (χ4n) is 3.14. The minimum absolute atomic E-state index is 0.131. The van der Waals surface area contributed by atoms with E-state index in [2.05, 4.69) is 5.10 Å². The molecule has 1 aliphatic heterocycles. The summed E-state index contributed by atoms with van der Waals surface area (Å²) in [6.45, 7) is 1.45. The van der Waals surface area contributed by atoms with Crippen molar-refractivity contribution >= 4 is 10.2 Å². The number of piperidine rings is 1. The molecule has 0 saturated carbocycles. The fraction of sp³-hybridized carbons (Fsp3) is 0.444. The Morgan fingerprint density at radius 1 is 1.08 bits per heavy atom. The highest BCUT2D eigenvalue weighted by molar-refractivity contribution is 7.86. The molecule has 1 saturated heterocycles. The van der Waals surface area contributed by atoms with Gasteiger partial charge in [0.1, 0.15) is 0 Å². The van der Waals surface area contributed by atoms with E-state index in [1.807, 2.05) is 30.3 Å². The SMILES string of the molecule is CN(C)S(=O)(=O)N1CCC(Cn2nc(-c3ccccc3)ccc2=O)CC1. The van der Waals surface area contributed by atoms with Crippen LogP contribution in [-0.2, 0) is 16.8 Å². The van der Waals surface area contributed by atoms with E-state index in [1.165, 1.54) is 13.3 Å². The van der Waals surface area contributed by atoms with Gasteiger partial charge in [-0.15, -0.1) is 0 Å². The quantitative estimate of drug-likeness (QED) is 0.791. The molecule has 2 heterocycles. The predicted molar refractivity (Wildman–Crippen MR) is 101 cm³/mol. The molecule has 1 fully saturated rings. The topological polar surface area (TPSA) is 75.5 Å². The number of hydrogen-bond acceptors (Lipinski definition) is 4. The van der Waals surface area contributed by atoms with Crippen LogP contribution in [-0.4, -0.2) is 54.0 Å². The number of nitrogens with zero attached hydrogens (tertiary/aromatic N) is 4. The molecule has 1 aliphatic rings. The lowest BCUT2D eigenvalue weighted by atomic mass is 9.98. The van der Waals surface area contributed by atoms with Crippen molar-refractivity contribution in [3.63, 3.8) is 0 Å². The van der Waals surface area contributed by atoms with Crippen LogP contribution in [0.1, 0.15) is 12.8 Å². The first kappa shape index (κ1) is 18.8. The van der Waals surface area contributed by atoms with E-state index in [4.69, 9.17) is 0 Å². The third kappa shape index (κ3) is 4.03. The van der Waals surface area contributed by atoms with Crippen LogP contribution in [0.2, 0.25) is 0 Å². The van der Waals surface area contributed by atoms with E-state index < -0.39 is 10.2 Å². The highest BCUT2D eigenvalue weighted by atomic mass is 32.2. The van der Waals surface area contributed by atoms with Crippen LogP contribution in [0.25, 0.3) is 11.3 Å². The largest absolute Gasteiger partial charge is 0.281 e. The molecule has 7 nitrogen and oxygen atoms in total. The Morgan fingerprint density at radius 2 is 1.73 bits per heavy atom. The molecule has 3 rings (SSSR count). The van der Waals surface area contributed by atoms with Crippen molar-refractivity contribution in [3.05, 3.63) is 52.8 Å². The van der Waals surface area contributed by atoms with E-state index >= 15 is 0 Å². The summed E-state index contributed by atoms with van der Waals surface area (Å²) in [7, 11) is -0.281. The van der Waals surface area contributed by atoms with Gasteiger partial charge >= 0.3 is 0 Å². The summed E-state index contributed by atoms with van der Waals surface area (Å²) in [4.78, 5) is 12.2. The van der Waals surface area contributed by atoms with Gasteiger partial charge in [-0.2, -0.15) is 22.1 Å². The number of benzene rings is 1. The Hall–Kier alpha value is -2.03. The lowest BCUT2D eigenvalue weighted by molar-refractivity contribution is 0.237. The summed E-state index contributed by atoms with van der Waals surface area (Å²) in [6, 6.07) is 13.0. The number of hydrogen-bond donors (Lipinski definition) is 0. The second kappa shape index (κ2) is 7.69. The van der Waals surface area contributed by atoms with Crippen molar-refractivity contribution in [1.82, 2.24) is 18.4 Å². The molecule has 0 radical (unpaired) electrons. The van der Waals surface area contributed by atoms with Gasteiger partial charge in [0, 0.05) is 45.4 Å². The molecule has 0 amide bonds. The zero-order chi connectivity index (χ0) is 18.7. The van der Waals surface area contributed by atoms with Crippen molar-refractivity contribution in [1.29, 1.82) is 0 Å². The highest BCUT2D eigenvalue weighted by Gasteiger charge is 2.29. The van der Waals surface area contributed by atoms with Gasteiger partial charge < -0.3 is 0 Å². The minimum Gasteiger partial charge on any atom is -0.268 e. The average Bonchev–Trinajstić information content (AvgIpc) is 2.64. The van der Waals surface area contributed by atoms with Gasteiger partial charge in [-0.1, -0.05) is 30.3 Å². The van der Waals surface area contributed by atoms with Crippen LogP contribution in [0.5, 0.6) is 0 Å². The van der Waals surface area contributed by atoms with E-state index in [9.17, 15) is 13.2 Å². The van der Waals surface area contributed by atoms with Crippen molar-refractivity contribution in [2.75, 3.05) is 27.2 Å². The second-order valence-corrected chi connectivity index (χ2v) is 8.88. The van der Waals surface area contributed by atoms with Gasteiger partial charge in [0.15, 0.2) is 0 Å². The van der Waals surface area contributed by atoms with Crippen LogP contribution >= 0.6 is 0 Å². The van der Waals surface area contributed by atoms with Crippen molar-refractivity contribution in [3.8, 4) is 11.3 Å². The maximum atomic E-state index is 12.2. The van der Waals surface area contributed by atoms with Gasteiger partial charge in [0.05, 0.1) is 5.69 Å². The lowest BCUT2D eigenvalue weighted by Gasteiger charge is -2.32. The molecule has 2 aromatic rings. The van der Waals surface area contributed by atoms with Crippen LogP contribution in [0, 0.1) is 5.92 Å². The smallest absolute Gasteiger partial charge is 0.268 e. The maximum absolute atomic E-state index is 12.2.